The van der Waals surface area contributed by atoms with Crippen molar-refractivity contribution in [3.8, 4) is 0 Å². The third-order valence-electron chi connectivity index (χ3n) is 7.05. The smallest absolute Gasteiger partial charge is 0.288 e. The van der Waals surface area contributed by atoms with E-state index in [-0.39, 0.29) is 22.2 Å². The minimum Gasteiger partial charge on any atom is -0.376 e. The zero-order valence-electron chi connectivity index (χ0n) is 15.7. The van der Waals surface area contributed by atoms with Crippen LogP contribution in [-0.4, -0.2) is 9.78 Å². The second-order valence-electron chi connectivity index (χ2n) is 9.01. The van der Waals surface area contributed by atoms with Crippen molar-refractivity contribution in [2.45, 2.75) is 57.0 Å². The van der Waals surface area contributed by atoms with Crippen LogP contribution in [-0.2, 0) is 5.54 Å². The molecule has 1 aromatic heterocycles. The molecule has 0 spiro atoms. The van der Waals surface area contributed by atoms with Gasteiger partial charge in [-0.15, -0.1) is 0 Å². The summed E-state index contributed by atoms with van der Waals surface area (Å²) in [5, 5.41) is 8.26. The molecule has 1 aromatic carbocycles. The minimum absolute atomic E-state index is 0.0558. The first-order valence-electron chi connectivity index (χ1n) is 10.1. The number of rotatable bonds is 4. The maximum Gasteiger partial charge on any atom is 0.288 e. The van der Waals surface area contributed by atoms with Crippen LogP contribution in [0.1, 0.15) is 57.1 Å². The monoisotopic (exact) mass is 383 g/mol. The van der Waals surface area contributed by atoms with Gasteiger partial charge in [0.05, 0.1) is 17.4 Å². The van der Waals surface area contributed by atoms with Crippen LogP contribution in [0.2, 0.25) is 5.02 Å². The molecule has 1 atom stereocenters. The van der Waals surface area contributed by atoms with Gasteiger partial charge in [-0.25, -0.2) is 4.68 Å². The van der Waals surface area contributed by atoms with Gasteiger partial charge >= 0.3 is 0 Å². The summed E-state index contributed by atoms with van der Waals surface area (Å²) in [5.41, 5.74) is 1.54. The molecule has 4 aliphatic rings. The van der Waals surface area contributed by atoms with E-state index in [9.17, 15) is 4.79 Å². The van der Waals surface area contributed by atoms with Crippen LogP contribution < -0.4 is 10.9 Å². The number of aromatic nitrogens is 2. The lowest BCUT2D eigenvalue weighted by atomic mass is 9.53. The summed E-state index contributed by atoms with van der Waals surface area (Å²) in [6.45, 7) is 2.07. The average molecular weight is 384 g/mol. The van der Waals surface area contributed by atoms with E-state index in [4.69, 9.17) is 11.6 Å². The Hall–Kier alpha value is -1.81. The zero-order chi connectivity index (χ0) is 18.6. The summed E-state index contributed by atoms with van der Waals surface area (Å²) in [4.78, 5) is 13.2. The van der Waals surface area contributed by atoms with Crippen molar-refractivity contribution in [3.05, 3.63) is 57.5 Å². The van der Waals surface area contributed by atoms with Crippen molar-refractivity contribution in [2.75, 3.05) is 5.32 Å². The van der Waals surface area contributed by atoms with Crippen molar-refractivity contribution in [1.29, 1.82) is 0 Å². The van der Waals surface area contributed by atoms with Gasteiger partial charge in [0.15, 0.2) is 0 Å². The van der Waals surface area contributed by atoms with Crippen LogP contribution in [0.5, 0.6) is 0 Å². The molecule has 1 heterocycles. The van der Waals surface area contributed by atoms with Gasteiger partial charge in [-0.3, -0.25) is 4.79 Å². The second-order valence-corrected chi connectivity index (χ2v) is 9.39. The van der Waals surface area contributed by atoms with Crippen molar-refractivity contribution >= 4 is 17.3 Å². The Bertz CT molecular complexity index is 872. The van der Waals surface area contributed by atoms with Gasteiger partial charge in [0.2, 0.25) is 0 Å². The lowest BCUT2D eigenvalue weighted by Gasteiger charge is -2.56. The van der Waals surface area contributed by atoms with Crippen molar-refractivity contribution in [3.63, 3.8) is 0 Å². The number of halogens is 1. The number of nitrogens with one attached hydrogen (secondary N) is 1. The fraction of sp³-hybridized carbons (Fsp3) is 0.545. The minimum atomic E-state index is -0.135. The van der Waals surface area contributed by atoms with E-state index in [1.807, 2.05) is 18.2 Å². The van der Waals surface area contributed by atoms with E-state index in [2.05, 4.69) is 29.5 Å². The predicted octanol–water partition coefficient (Wildman–Crippen LogP) is 5.00. The fourth-order valence-corrected chi connectivity index (χ4v) is 6.44. The topological polar surface area (TPSA) is 46.9 Å². The molecule has 0 aliphatic heterocycles. The number of hydrogen-bond donors (Lipinski definition) is 1. The van der Waals surface area contributed by atoms with Gasteiger partial charge in [-0.1, -0.05) is 41.9 Å². The molecule has 1 N–H and O–H groups in total. The summed E-state index contributed by atoms with van der Waals surface area (Å²) >= 11 is 6.53. The van der Waals surface area contributed by atoms with Gasteiger partial charge in [-0.2, -0.15) is 5.10 Å². The van der Waals surface area contributed by atoms with Gasteiger partial charge in [-0.05, 0) is 68.8 Å². The summed E-state index contributed by atoms with van der Waals surface area (Å²) in [5.74, 6) is 2.29. The zero-order valence-corrected chi connectivity index (χ0v) is 16.5. The Morgan fingerprint density at radius 2 is 1.70 bits per heavy atom. The highest BCUT2D eigenvalue weighted by atomic mass is 35.5. The summed E-state index contributed by atoms with van der Waals surface area (Å²) < 4.78 is 1.75. The first kappa shape index (κ1) is 17.3. The number of anilines is 1. The number of hydrogen-bond acceptors (Lipinski definition) is 3. The SMILES string of the molecule is C[C@@H](Nc1cnn(C23CC4CC(CC(C4)C2)C3)c(=O)c1Cl)c1ccccc1. The van der Waals surface area contributed by atoms with Crippen LogP contribution >= 0.6 is 11.6 Å². The molecule has 5 heteroatoms. The van der Waals surface area contributed by atoms with Crippen LogP contribution in [0.3, 0.4) is 0 Å². The molecule has 4 bridgehead atoms. The fourth-order valence-electron chi connectivity index (χ4n) is 6.25. The molecule has 142 valence electrons. The molecule has 4 fully saturated rings. The molecule has 27 heavy (non-hydrogen) atoms. The predicted molar refractivity (Wildman–Crippen MR) is 108 cm³/mol. The molecule has 0 saturated heterocycles. The van der Waals surface area contributed by atoms with Crippen molar-refractivity contribution < 1.29 is 0 Å². The molecule has 0 unspecified atom stereocenters. The molecular formula is C22H26ClN3O. The van der Waals surface area contributed by atoms with Crippen molar-refractivity contribution in [1.82, 2.24) is 9.78 Å². The third kappa shape index (κ3) is 2.89. The van der Waals surface area contributed by atoms with Gasteiger partial charge < -0.3 is 5.32 Å². The highest BCUT2D eigenvalue weighted by molar-refractivity contribution is 6.32. The van der Waals surface area contributed by atoms with Gasteiger partial charge in [0.25, 0.3) is 5.56 Å². The van der Waals surface area contributed by atoms with Gasteiger partial charge in [0.1, 0.15) is 5.02 Å². The second kappa shape index (κ2) is 6.37. The normalized spacial score (nSPS) is 32.4. The van der Waals surface area contributed by atoms with E-state index in [1.165, 1.54) is 19.3 Å². The molecule has 0 amide bonds. The summed E-state index contributed by atoms with van der Waals surface area (Å²) in [6, 6.07) is 10.2. The largest absolute Gasteiger partial charge is 0.376 e. The molecule has 4 aliphatic carbocycles. The molecule has 0 radical (unpaired) electrons. The van der Waals surface area contributed by atoms with E-state index in [0.717, 1.165) is 42.6 Å². The number of nitrogens with zero attached hydrogens (tertiary/aromatic N) is 2. The van der Waals surface area contributed by atoms with Crippen LogP contribution in [0, 0.1) is 17.8 Å². The lowest BCUT2D eigenvalue weighted by molar-refractivity contribution is -0.0518. The van der Waals surface area contributed by atoms with E-state index in [0.29, 0.717) is 5.69 Å². The van der Waals surface area contributed by atoms with E-state index >= 15 is 0 Å². The number of benzene rings is 1. The highest BCUT2D eigenvalue weighted by Crippen LogP contribution is 2.58. The molecule has 6 rings (SSSR count). The Balaban J connectivity index is 1.45. The molecule has 4 saturated carbocycles. The van der Waals surface area contributed by atoms with Crippen LogP contribution in [0.15, 0.2) is 41.3 Å². The van der Waals surface area contributed by atoms with Crippen molar-refractivity contribution in [2.24, 2.45) is 17.8 Å². The maximum absolute atomic E-state index is 13.2. The molecule has 2 aromatic rings. The Kier molecular flexibility index (Phi) is 4.08. The third-order valence-corrected chi connectivity index (χ3v) is 7.41. The van der Waals surface area contributed by atoms with E-state index < -0.39 is 0 Å². The Morgan fingerprint density at radius 3 is 2.30 bits per heavy atom. The summed E-state index contributed by atoms with van der Waals surface area (Å²) in [6.07, 6.45) is 9.06. The van der Waals surface area contributed by atoms with Crippen LogP contribution in [0.4, 0.5) is 5.69 Å². The standard InChI is InChI=1S/C22H26ClN3O/c1-14(18-5-3-2-4-6-18)25-19-13-24-26(21(27)20(19)23)22-10-15-7-16(11-22)9-17(8-15)12-22/h2-6,13-17,25H,7-12H2,1H3/t14-,15?,16?,17?,22?/m1/s1. The summed E-state index contributed by atoms with van der Waals surface area (Å²) in [7, 11) is 0. The average Bonchev–Trinajstić information content (AvgIpc) is 2.65. The quantitative estimate of drug-likeness (QED) is 0.808. The van der Waals surface area contributed by atoms with Gasteiger partial charge in [0, 0.05) is 6.04 Å². The molecular weight excluding hydrogens is 358 g/mol. The first-order valence-corrected chi connectivity index (χ1v) is 10.5. The highest BCUT2D eigenvalue weighted by Gasteiger charge is 2.53. The Morgan fingerprint density at radius 1 is 1.11 bits per heavy atom. The van der Waals surface area contributed by atoms with Crippen LogP contribution in [0.25, 0.3) is 0 Å². The maximum atomic E-state index is 13.2. The lowest BCUT2D eigenvalue weighted by Crippen LogP contribution is -2.55. The Labute approximate surface area is 164 Å². The molecule has 4 nitrogen and oxygen atoms in total. The van der Waals surface area contributed by atoms with E-state index in [1.54, 1.807) is 10.9 Å². The first-order chi connectivity index (χ1) is 13.0.